The molecule has 1 aliphatic rings. The highest BCUT2D eigenvalue weighted by Crippen LogP contribution is 2.31. The van der Waals surface area contributed by atoms with Crippen molar-refractivity contribution in [2.75, 3.05) is 39.7 Å². The van der Waals surface area contributed by atoms with Crippen LogP contribution in [0.15, 0.2) is 65.8 Å². The normalized spacial score (nSPS) is 13.8. The second kappa shape index (κ2) is 10.5. The number of carbonyl (C=O) groups excluding carboxylic acids is 1. The Morgan fingerprint density at radius 2 is 1.69 bits per heavy atom. The van der Waals surface area contributed by atoms with E-state index in [1.54, 1.807) is 30.4 Å². The lowest BCUT2D eigenvalue weighted by Crippen LogP contribution is -2.30. The average molecular weight is 511 g/mol. The van der Waals surface area contributed by atoms with Gasteiger partial charge in [-0.3, -0.25) is 9.78 Å². The quantitative estimate of drug-likeness (QED) is 0.495. The Labute approximate surface area is 211 Å². The number of anilines is 1. The summed E-state index contributed by atoms with van der Waals surface area (Å²) in [4.78, 5) is 19.1. The minimum absolute atomic E-state index is 0.0352. The fourth-order valence-electron chi connectivity index (χ4n) is 3.83. The zero-order valence-corrected chi connectivity index (χ0v) is 21.6. The molecule has 1 aromatic heterocycles. The molecule has 9 nitrogen and oxygen atoms in total. The van der Waals surface area contributed by atoms with Crippen molar-refractivity contribution in [3.05, 3.63) is 77.6 Å². The molecule has 3 aromatic rings. The maximum absolute atomic E-state index is 13.4. The number of nitrogens with one attached hydrogen (secondary N) is 1. The molecule has 0 aliphatic carbocycles. The van der Waals surface area contributed by atoms with Crippen molar-refractivity contribution in [3.63, 3.8) is 0 Å². The fourth-order valence-corrected chi connectivity index (χ4v) is 4.80. The van der Waals surface area contributed by atoms with E-state index in [4.69, 9.17) is 9.47 Å². The number of hydrogen-bond donors (Lipinski definition) is 1. The topological polar surface area (TPSA) is 101 Å². The zero-order valence-electron chi connectivity index (χ0n) is 20.8. The van der Waals surface area contributed by atoms with Gasteiger partial charge in [-0.1, -0.05) is 6.07 Å². The molecular formula is C26H30N4O5S. The molecule has 10 heteroatoms. The van der Waals surface area contributed by atoms with Crippen molar-refractivity contribution >= 4 is 21.6 Å². The van der Waals surface area contributed by atoms with Gasteiger partial charge in [-0.05, 0) is 60.5 Å². The second-order valence-corrected chi connectivity index (χ2v) is 10.9. The number of sulfonamides is 1. The monoisotopic (exact) mass is 510 g/mol. The Bertz CT molecular complexity index is 1350. The molecule has 0 saturated carbocycles. The van der Waals surface area contributed by atoms with Gasteiger partial charge >= 0.3 is 0 Å². The van der Waals surface area contributed by atoms with Crippen LogP contribution in [0, 0.1) is 0 Å². The van der Waals surface area contributed by atoms with E-state index in [0.29, 0.717) is 36.9 Å². The van der Waals surface area contributed by atoms with E-state index >= 15 is 0 Å². The lowest BCUT2D eigenvalue weighted by atomic mass is 10.1. The number of fused-ring (bicyclic) bond motifs is 1. The summed E-state index contributed by atoms with van der Waals surface area (Å²) in [7, 11) is 0.851. The van der Waals surface area contributed by atoms with Crippen LogP contribution in [0.5, 0.6) is 11.5 Å². The number of pyridine rings is 1. The molecule has 1 N–H and O–H groups in total. The van der Waals surface area contributed by atoms with Gasteiger partial charge in [0.25, 0.3) is 5.91 Å². The summed E-state index contributed by atoms with van der Waals surface area (Å²) in [5.74, 6) is 1.08. The Hall–Kier alpha value is -3.63. The predicted octanol–water partition coefficient (Wildman–Crippen LogP) is 3.55. The van der Waals surface area contributed by atoms with E-state index in [9.17, 15) is 13.2 Å². The first kappa shape index (κ1) is 25.5. The van der Waals surface area contributed by atoms with E-state index in [1.165, 1.54) is 26.2 Å². The van der Waals surface area contributed by atoms with Crippen LogP contribution in [0.4, 0.5) is 5.69 Å². The number of carbonyl (C=O) groups is 1. The molecule has 2 heterocycles. The minimum Gasteiger partial charge on any atom is -0.486 e. The maximum Gasteiger partial charge on any atom is 0.254 e. The van der Waals surface area contributed by atoms with E-state index < -0.39 is 10.0 Å². The van der Waals surface area contributed by atoms with Crippen molar-refractivity contribution in [2.45, 2.75) is 24.4 Å². The third kappa shape index (κ3) is 5.44. The van der Waals surface area contributed by atoms with Gasteiger partial charge in [0.15, 0.2) is 11.5 Å². The maximum atomic E-state index is 13.4. The Morgan fingerprint density at radius 3 is 2.39 bits per heavy atom. The average Bonchev–Trinajstić information content (AvgIpc) is 2.90. The summed E-state index contributed by atoms with van der Waals surface area (Å²) in [5.41, 5.74) is 2.64. The molecule has 2 aromatic carbocycles. The minimum atomic E-state index is -3.77. The summed E-state index contributed by atoms with van der Waals surface area (Å²) >= 11 is 0. The molecule has 1 amide bonds. The van der Waals surface area contributed by atoms with Gasteiger partial charge < -0.3 is 19.7 Å². The van der Waals surface area contributed by atoms with E-state index in [-0.39, 0.29) is 22.4 Å². The molecule has 0 spiro atoms. The summed E-state index contributed by atoms with van der Waals surface area (Å²) < 4.78 is 38.3. The highest BCUT2D eigenvalue weighted by molar-refractivity contribution is 7.89. The third-order valence-electron chi connectivity index (χ3n) is 6.13. The molecule has 0 saturated heterocycles. The summed E-state index contributed by atoms with van der Waals surface area (Å²) in [5, 5.41) is 3.26. The van der Waals surface area contributed by atoms with Crippen molar-refractivity contribution in [1.82, 2.24) is 14.2 Å². The molecule has 0 bridgehead atoms. The Balaban J connectivity index is 1.62. The number of benzene rings is 2. The van der Waals surface area contributed by atoms with E-state index in [0.717, 1.165) is 15.4 Å². The van der Waals surface area contributed by atoms with Crippen LogP contribution >= 0.6 is 0 Å². The number of hydrogen-bond acceptors (Lipinski definition) is 7. The van der Waals surface area contributed by atoms with Crippen molar-refractivity contribution in [1.29, 1.82) is 0 Å². The van der Waals surface area contributed by atoms with Crippen LogP contribution in [-0.4, -0.2) is 62.9 Å². The number of aromatic nitrogens is 1. The summed E-state index contributed by atoms with van der Waals surface area (Å²) in [6.45, 7) is 3.32. The van der Waals surface area contributed by atoms with Crippen molar-refractivity contribution in [3.8, 4) is 11.5 Å². The smallest absolute Gasteiger partial charge is 0.254 e. The molecule has 1 atom stereocenters. The third-order valence-corrected chi connectivity index (χ3v) is 7.92. The van der Waals surface area contributed by atoms with Gasteiger partial charge in [0.2, 0.25) is 10.0 Å². The molecule has 0 fully saturated rings. The van der Waals surface area contributed by atoms with Crippen LogP contribution in [0.2, 0.25) is 0 Å². The molecule has 0 radical (unpaired) electrons. The number of ether oxygens (including phenoxy) is 2. The molecular weight excluding hydrogens is 480 g/mol. The largest absolute Gasteiger partial charge is 0.486 e. The predicted molar refractivity (Wildman–Crippen MR) is 137 cm³/mol. The van der Waals surface area contributed by atoms with Crippen molar-refractivity contribution in [2.24, 2.45) is 0 Å². The van der Waals surface area contributed by atoms with Gasteiger partial charge in [-0.15, -0.1) is 0 Å². The van der Waals surface area contributed by atoms with Crippen LogP contribution in [0.1, 0.15) is 34.5 Å². The highest BCUT2D eigenvalue weighted by atomic mass is 32.2. The lowest BCUT2D eigenvalue weighted by molar-refractivity contribution is 0.0742. The van der Waals surface area contributed by atoms with E-state index in [2.05, 4.69) is 10.3 Å². The van der Waals surface area contributed by atoms with Gasteiger partial charge in [0.1, 0.15) is 13.2 Å². The van der Waals surface area contributed by atoms with E-state index in [1.807, 2.05) is 37.3 Å². The fraction of sp³-hybridized carbons (Fsp3) is 0.308. The van der Waals surface area contributed by atoms with Crippen LogP contribution in [0.25, 0.3) is 0 Å². The van der Waals surface area contributed by atoms with Crippen LogP contribution in [-0.2, 0) is 16.6 Å². The van der Waals surface area contributed by atoms with Gasteiger partial charge in [0, 0.05) is 51.3 Å². The van der Waals surface area contributed by atoms with Gasteiger partial charge in [-0.25, -0.2) is 12.7 Å². The second-order valence-electron chi connectivity index (χ2n) is 8.74. The van der Waals surface area contributed by atoms with Crippen LogP contribution < -0.4 is 14.8 Å². The first-order valence-electron chi connectivity index (χ1n) is 11.5. The number of amides is 1. The summed E-state index contributed by atoms with van der Waals surface area (Å²) in [6, 6.07) is 13.7. The lowest BCUT2D eigenvalue weighted by Gasteiger charge is -2.26. The van der Waals surface area contributed by atoms with Gasteiger partial charge in [0.05, 0.1) is 10.9 Å². The molecule has 4 rings (SSSR count). The van der Waals surface area contributed by atoms with Crippen molar-refractivity contribution < 1.29 is 22.7 Å². The zero-order chi connectivity index (χ0) is 25.9. The molecule has 1 aliphatic heterocycles. The highest BCUT2D eigenvalue weighted by Gasteiger charge is 2.24. The standard InChI is InChI=1S/C26H30N4O5S/c1-18(20-7-9-27-10-8-20)30(4)26(31)21-14-22(16-23(15-21)36(32,33)29(2)3)28-17-19-5-6-24-25(13-19)35-12-11-34-24/h5-10,13-16,18,28H,11-12,17H2,1-4H3. The number of nitrogens with zero attached hydrogens (tertiary/aromatic N) is 3. The molecule has 190 valence electrons. The summed E-state index contributed by atoms with van der Waals surface area (Å²) in [6.07, 6.45) is 3.35. The Morgan fingerprint density at radius 1 is 1.00 bits per heavy atom. The first-order valence-corrected chi connectivity index (χ1v) is 13.0. The number of rotatable bonds is 8. The van der Waals surface area contributed by atoms with Crippen LogP contribution in [0.3, 0.4) is 0 Å². The SMILES string of the molecule is CC(c1ccncc1)N(C)C(=O)c1cc(NCc2ccc3c(c2)OCCO3)cc(S(=O)(=O)N(C)C)c1. The molecule has 1 unspecified atom stereocenters. The first-order chi connectivity index (χ1) is 17.2. The Kier molecular flexibility index (Phi) is 7.46. The molecule has 36 heavy (non-hydrogen) atoms. The van der Waals surface area contributed by atoms with Gasteiger partial charge in [-0.2, -0.15) is 0 Å².